The van der Waals surface area contributed by atoms with Gasteiger partial charge in [-0.1, -0.05) is 36.4 Å². The number of hydrogen-bond acceptors (Lipinski definition) is 3. The molecule has 0 aliphatic carbocycles. The number of aromatic nitrogens is 2. The maximum atomic E-state index is 12.1. The lowest BCUT2D eigenvalue weighted by Crippen LogP contribution is -2.24. The fourth-order valence-corrected chi connectivity index (χ4v) is 2.34. The quantitative estimate of drug-likeness (QED) is 0.761. The van der Waals surface area contributed by atoms with Crippen LogP contribution < -0.4 is 5.32 Å². The predicted octanol–water partition coefficient (Wildman–Crippen LogP) is 2.57. The number of nitrogens with one attached hydrogen (secondary N) is 1. The van der Waals surface area contributed by atoms with Crippen LogP contribution in [0.1, 0.15) is 21.7 Å². The van der Waals surface area contributed by atoms with E-state index in [1.807, 2.05) is 29.0 Å². The normalized spacial score (nSPS) is 10.4. The first-order chi connectivity index (χ1) is 11.2. The van der Waals surface area contributed by atoms with E-state index in [1.165, 1.54) is 17.7 Å². The smallest absolute Gasteiger partial charge is 0.251 e. The molecule has 0 aliphatic heterocycles. The van der Waals surface area contributed by atoms with Crippen molar-refractivity contribution in [2.24, 2.45) is 0 Å². The second-order valence-electron chi connectivity index (χ2n) is 5.19. The lowest BCUT2D eigenvalue weighted by Gasteiger charge is -2.09. The molecule has 0 atom stereocenters. The van der Waals surface area contributed by atoms with Crippen molar-refractivity contribution in [2.75, 3.05) is 0 Å². The summed E-state index contributed by atoms with van der Waals surface area (Å²) in [7, 11) is 0. The summed E-state index contributed by atoms with van der Waals surface area (Å²) in [4.78, 5) is 16.4. The van der Waals surface area contributed by atoms with Gasteiger partial charge < -0.3 is 15.0 Å². The van der Waals surface area contributed by atoms with Gasteiger partial charge in [-0.2, -0.15) is 0 Å². The molecule has 1 amide bonds. The van der Waals surface area contributed by atoms with Gasteiger partial charge in [0.25, 0.3) is 5.91 Å². The lowest BCUT2D eigenvalue weighted by atomic mass is 10.2. The SMILES string of the molecule is O=C(NCc1nccn1Cc1ccccc1)c1cccc(O)c1. The van der Waals surface area contributed by atoms with Gasteiger partial charge in [0.1, 0.15) is 11.6 Å². The molecule has 0 saturated carbocycles. The molecule has 3 aromatic rings. The van der Waals surface area contributed by atoms with Crippen molar-refractivity contribution in [3.8, 4) is 5.75 Å². The summed E-state index contributed by atoms with van der Waals surface area (Å²) >= 11 is 0. The molecule has 5 nitrogen and oxygen atoms in total. The Hall–Kier alpha value is -3.08. The Morgan fingerprint density at radius 3 is 2.74 bits per heavy atom. The molecule has 1 heterocycles. The lowest BCUT2D eigenvalue weighted by molar-refractivity contribution is 0.0949. The van der Waals surface area contributed by atoms with E-state index in [9.17, 15) is 9.90 Å². The molecule has 3 rings (SSSR count). The standard InChI is InChI=1S/C18H17N3O2/c22-16-8-4-7-15(11-16)18(23)20-12-17-19-9-10-21(17)13-14-5-2-1-3-6-14/h1-11,22H,12-13H2,(H,20,23). The summed E-state index contributed by atoms with van der Waals surface area (Å²) in [6.45, 7) is 1.03. The molecule has 0 fully saturated rings. The van der Waals surface area contributed by atoms with Crippen molar-refractivity contribution in [2.45, 2.75) is 13.1 Å². The van der Waals surface area contributed by atoms with Crippen molar-refractivity contribution < 1.29 is 9.90 Å². The van der Waals surface area contributed by atoms with E-state index in [4.69, 9.17) is 0 Å². The third-order valence-corrected chi connectivity index (χ3v) is 3.51. The molecule has 0 saturated heterocycles. The van der Waals surface area contributed by atoms with Crippen LogP contribution >= 0.6 is 0 Å². The minimum atomic E-state index is -0.241. The molecular weight excluding hydrogens is 290 g/mol. The molecule has 0 unspecified atom stereocenters. The Balaban J connectivity index is 1.65. The van der Waals surface area contributed by atoms with Crippen LogP contribution in [0, 0.1) is 0 Å². The van der Waals surface area contributed by atoms with E-state index in [-0.39, 0.29) is 11.7 Å². The minimum Gasteiger partial charge on any atom is -0.508 e. The van der Waals surface area contributed by atoms with E-state index >= 15 is 0 Å². The van der Waals surface area contributed by atoms with Crippen LogP contribution in [0.4, 0.5) is 0 Å². The molecule has 0 bridgehead atoms. The van der Waals surface area contributed by atoms with Gasteiger partial charge in [0.2, 0.25) is 0 Å². The summed E-state index contributed by atoms with van der Waals surface area (Å²) in [5, 5.41) is 12.2. The zero-order valence-corrected chi connectivity index (χ0v) is 12.5. The van der Waals surface area contributed by atoms with Crippen molar-refractivity contribution in [1.29, 1.82) is 0 Å². The second kappa shape index (κ2) is 6.79. The van der Waals surface area contributed by atoms with Crippen molar-refractivity contribution in [1.82, 2.24) is 14.9 Å². The maximum absolute atomic E-state index is 12.1. The topological polar surface area (TPSA) is 67.2 Å². The Bertz CT molecular complexity index is 797. The number of benzene rings is 2. The fourth-order valence-electron chi connectivity index (χ4n) is 2.34. The second-order valence-corrected chi connectivity index (χ2v) is 5.19. The van der Waals surface area contributed by atoms with Crippen LogP contribution in [0.25, 0.3) is 0 Å². The molecule has 1 aromatic heterocycles. The molecule has 5 heteroatoms. The molecule has 0 aliphatic rings. The average Bonchev–Trinajstić information content (AvgIpc) is 3.00. The molecule has 2 N–H and O–H groups in total. The molecular formula is C18H17N3O2. The van der Waals surface area contributed by atoms with Gasteiger partial charge in [-0.15, -0.1) is 0 Å². The van der Waals surface area contributed by atoms with Gasteiger partial charge in [-0.25, -0.2) is 4.98 Å². The molecule has 23 heavy (non-hydrogen) atoms. The van der Waals surface area contributed by atoms with Crippen molar-refractivity contribution >= 4 is 5.91 Å². The zero-order chi connectivity index (χ0) is 16.1. The fraction of sp³-hybridized carbons (Fsp3) is 0.111. The van der Waals surface area contributed by atoms with E-state index in [0.29, 0.717) is 18.7 Å². The van der Waals surface area contributed by atoms with Crippen molar-refractivity contribution in [3.63, 3.8) is 0 Å². The highest BCUT2D eigenvalue weighted by molar-refractivity contribution is 5.94. The largest absolute Gasteiger partial charge is 0.508 e. The highest BCUT2D eigenvalue weighted by atomic mass is 16.3. The number of nitrogens with zero attached hydrogens (tertiary/aromatic N) is 2. The summed E-state index contributed by atoms with van der Waals surface area (Å²) in [6, 6.07) is 16.3. The van der Waals surface area contributed by atoms with Crippen LogP contribution in [-0.4, -0.2) is 20.6 Å². The van der Waals surface area contributed by atoms with E-state index in [0.717, 1.165) is 5.82 Å². The van der Waals surface area contributed by atoms with E-state index in [1.54, 1.807) is 18.3 Å². The number of amides is 1. The van der Waals surface area contributed by atoms with Gasteiger partial charge >= 0.3 is 0 Å². The highest BCUT2D eigenvalue weighted by Crippen LogP contribution is 2.11. The number of phenolic OH excluding ortho intramolecular Hbond substituents is 1. The monoisotopic (exact) mass is 307 g/mol. The van der Waals surface area contributed by atoms with Crippen LogP contribution in [0.2, 0.25) is 0 Å². The zero-order valence-electron chi connectivity index (χ0n) is 12.5. The Labute approximate surface area is 134 Å². The predicted molar refractivity (Wildman–Crippen MR) is 87.0 cm³/mol. The first kappa shape index (κ1) is 14.8. The summed E-state index contributed by atoms with van der Waals surface area (Å²) in [6.07, 6.45) is 3.61. The Morgan fingerprint density at radius 1 is 1.13 bits per heavy atom. The average molecular weight is 307 g/mol. The Morgan fingerprint density at radius 2 is 1.96 bits per heavy atom. The minimum absolute atomic E-state index is 0.0724. The van der Waals surface area contributed by atoms with Crippen LogP contribution in [0.3, 0.4) is 0 Å². The van der Waals surface area contributed by atoms with Gasteiger partial charge in [-0.3, -0.25) is 4.79 Å². The number of carbonyl (C=O) groups is 1. The third-order valence-electron chi connectivity index (χ3n) is 3.51. The Kier molecular flexibility index (Phi) is 4.38. The van der Waals surface area contributed by atoms with Gasteiger partial charge in [0.05, 0.1) is 6.54 Å². The van der Waals surface area contributed by atoms with Gasteiger partial charge in [0.15, 0.2) is 0 Å². The summed E-state index contributed by atoms with van der Waals surface area (Å²) in [5.41, 5.74) is 1.59. The first-order valence-electron chi connectivity index (χ1n) is 7.33. The third kappa shape index (κ3) is 3.77. The van der Waals surface area contributed by atoms with E-state index in [2.05, 4.69) is 22.4 Å². The van der Waals surface area contributed by atoms with E-state index < -0.39 is 0 Å². The molecule has 2 aromatic carbocycles. The first-order valence-corrected chi connectivity index (χ1v) is 7.33. The van der Waals surface area contributed by atoms with Crippen LogP contribution in [0.5, 0.6) is 5.75 Å². The summed E-state index contributed by atoms with van der Waals surface area (Å²) < 4.78 is 2.00. The molecule has 0 radical (unpaired) electrons. The van der Waals surface area contributed by atoms with Crippen LogP contribution in [0.15, 0.2) is 67.0 Å². The number of rotatable bonds is 5. The molecule has 0 spiro atoms. The highest BCUT2D eigenvalue weighted by Gasteiger charge is 2.08. The number of carbonyl (C=O) groups excluding carboxylic acids is 1. The number of imidazole rings is 1. The van der Waals surface area contributed by atoms with Crippen LogP contribution in [-0.2, 0) is 13.1 Å². The number of phenols is 1. The van der Waals surface area contributed by atoms with Crippen molar-refractivity contribution in [3.05, 3.63) is 83.9 Å². The van der Waals surface area contributed by atoms with Gasteiger partial charge in [0, 0.05) is 24.5 Å². The molecule has 116 valence electrons. The van der Waals surface area contributed by atoms with Gasteiger partial charge in [-0.05, 0) is 23.8 Å². The summed E-state index contributed by atoms with van der Waals surface area (Å²) in [5.74, 6) is 0.612. The number of hydrogen-bond donors (Lipinski definition) is 2. The number of aromatic hydroxyl groups is 1. The maximum Gasteiger partial charge on any atom is 0.251 e.